The molecule has 0 saturated carbocycles. The maximum Gasteiger partial charge on any atom is 0.148 e. The summed E-state index contributed by atoms with van der Waals surface area (Å²) in [6.45, 7) is 0. The lowest BCUT2D eigenvalue weighted by molar-refractivity contribution is 0.601. The summed E-state index contributed by atoms with van der Waals surface area (Å²) in [7, 11) is -2.94. The van der Waals surface area contributed by atoms with Crippen LogP contribution in [0.2, 0.25) is 0 Å². The highest BCUT2D eigenvalue weighted by Crippen LogP contribution is 2.29. The quantitative estimate of drug-likeness (QED) is 0.803. The molecule has 2 nitrogen and oxygen atoms in total. The van der Waals surface area contributed by atoms with Gasteiger partial charge < -0.3 is 0 Å². The van der Waals surface area contributed by atoms with Crippen molar-refractivity contribution in [3.05, 3.63) is 34.9 Å². The molecule has 0 N–H and O–H groups in total. The molecule has 0 heterocycles. The molecule has 2 rings (SSSR count). The number of fused-ring (bicyclic) bond motifs is 1. The normalized spacial score (nSPS) is 17.5. The average Bonchev–Trinajstić information content (AvgIpc) is 2.26. The summed E-state index contributed by atoms with van der Waals surface area (Å²) in [4.78, 5) is -0.0928. The van der Waals surface area contributed by atoms with Crippen LogP contribution in [0.5, 0.6) is 0 Å². The molecule has 0 aliphatic heterocycles. The molecule has 0 spiro atoms. The van der Waals surface area contributed by atoms with E-state index in [4.69, 9.17) is 0 Å². The third-order valence-corrected chi connectivity index (χ3v) is 5.40. The summed E-state index contributed by atoms with van der Waals surface area (Å²) in [5.41, 5.74) is 3.90. The van der Waals surface area contributed by atoms with Gasteiger partial charge in [-0.05, 0) is 42.4 Å². The van der Waals surface area contributed by atoms with Gasteiger partial charge >= 0.3 is 0 Å². The van der Waals surface area contributed by atoms with E-state index in [9.17, 15) is 8.42 Å². The van der Waals surface area contributed by atoms with E-state index in [2.05, 4.69) is 34.1 Å². The van der Waals surface area contributed by atoms with Crippen molar-refractivity contribution in [1.82, 2.24) is 0 Å². The Kier molecular flexibility index (Phi) is 3.93. The molecule has 1 aliphatic rings. The first-order chi connectivity index (χ1) is 7.96. The first kappa shape index (κ1) is 13.1. The van der Waals surface area contributed by atoms with Gasteiger partial charge in [-0.2, -0.15) is 0 Å². The Labute approximate surface area is 111 Å². The average molecular weight is 317 g/mol. The van der Waals surface area contributed by atoms with E-state index in [1.807, 2.05) is 0 Å². The Hall–Kier alpha value is -0.350. The fourth-order valence-corrected chi connectivity index (χ4v) is 4.76. The molecule has 1 unspecified atom stereocenters. The summed E-state index contributed by atoms with van der Waals surface area (Å²) < 4.78 is 22.5. The minimum atomic E-state index is -2.94. The highest BCUT2D eigenvalue weighted by Gasteiger charge is 2.16. The minimum absolute atomic E-state index is 0.0928. The fourth-order valence-electron chi connectivity index (χ4n) is 2.31. The molecular weight excluding hydrogens is 300 g/mol. The molecule has 0 bridgehead atoms. The van der Waals surface area contributed by atoms with Crippen molar-refractivity contribution >= 4 is 25.8 Å². The summed E-state index contributed by atoms with van der Waals surface area (Å²) in [5.74, 6) is 0.159. The number of sulfone groups is 1. The van der Waals surface area contributed by atoms with Crippen LogP contribution in [0, 0.1) is 0 Å². The first-order valence-electron chi connectivity index (χ1n) is 5.89. The van der Waals surface area contributed by atoms with E-state index >= 15 is 0 Å². The molecule has 17 heavy (non-hydrogen) atoms. The van der Waals surface area contributed by atoms with Crippen molar-refractivity contribution in [3.8, 4) is 0 Å². The predicted molar refractivity (Wildman–Crippen MR) is 74.5 cm³/mol. The zero-order chi connectivity index (χ0) is 12.5. The van der Waals surface area contributed by atoms with Crippen molar-refractivity contribution in [2.24, 2.45) is 0 Å². The van der Waals surface area contributed by atoms with Crippen LogP contribution in [0.1, 0.15) is 34.4 Å². The van der Waals surface area contributed by atoms with Gasteiger partial charge in [0.2, 0.25) is 0 Å². The Morgan fingerprint density at radius 1 is 1.24 bits per heavy atom. The van der Waals surface area contributed by atoms with Crippen molar-refractivity contribution < 1.29 is 8.42 Å². The zero-order valence-corrected chi connectivity index (χ0v) is 12.4. The van der Waals surface area contributed by atoms with Crippen LogP contribution in [0.4, 0.5) is 0 Å². The lowest BCUT2D eigenvalue weighted by Gasteiger charge is -2.18. The van der Waals surface area contributed by atoms with Crippen LogP contribution in [0.25, 0.3) is 0 Å². The van der Waals surface area contributed by atoms with E-state index in [-0.39, 0.29) is 10.6 Å². The van der Waals surface area contributed by atoms with Crippen LogP contribution in [-0.4, -0.2) is 20.4 Å². The van der Waals surface area contributed by atoms with Crippen molar-refractivity contribution in [3.63, 3.8) is 0 Å². The molecule has 1 atom stereocenters. The number of hydrogen-bond donors (Lipinski definition) is 0. The minimum Gasteiger partial charge on any atom is -0.229 e. The maximum absolute atomic E-state index is 11.3. The predicted octanol–water partition coefficient (Wildman–Crippen LogP) is 3.05. The first-order valence-corrected chi connectivity index (χ1v) is 8.87. The van der Waals surface area contributed by atoms with E-state index in [1.54, 1.807) is 0 Å². The van der Waals surface area contributed by atoms with E-state index in [0.29, 0.717) is 0 Å². The van der Waals surface area contributed by atoms with Gasteiger partial charge in [-0.1, -0.05) is 34.1 Å². The third-order valence-electron chi connectivity index (χ3n) is 3.18. The van der Waals surface area contributed by atoms with E-state index in [1.165, 1.54) is 30.2 Å². The molecule has 1 aromatic rings. The molecule has 0 radical (unpaired) electrons. The van der Waals surface area contributed by atoms with Crippen molar-refractivity contribution in [2.75, 3.05) is 12.0 Å². The second kappa shape index (κ2) is 5.11. The van der Waals surface area contributed by atoms with Crippen LogP contribution in [0.15, 0.2) is 18.2 Å². The molecular formula is C13H17BrO2S. The van der Waals surface area contributed by atoms with Gasteiger partial charge in [-0.15, -0.1) is 0 Å². The van der Waals surface area contributed by atoms with E-state index in [0.717, 1.165) is 18.4 Å². The number of benzene rings is 1. The maximum atomic E-state index is 11.3. The number of rotatable bonds is 3. The summed E-state index contributed by atoms with van der Waals surface area (Å²) in [5, 5.41) is 0. The zero-order valence-electron chi connectivity index (χ0n) is 9.95. The second-order valence-corrected chi connectivity index (χ2v) is 8.09. The number of halogens is 1. The van der Waals surface area contributed by atoms with E-state index < -0.39 is 9.84 Å². The third kappa shape index (κ3) is 3.55. The molecule has 0 aromatic heterocycles. The van der Waals surface area contributed by atoms with Gasteiger partial charge in [0.15, 0.2) is 0 Å². The molecule has 1 aromatic carbocycles. The molecule has 1 aliphatic carbocycles. The number of hydrogen-bond acceptors (Lipinski definition) is 2. The second-order valence-electron chi connectivity index (χ2n) is 4.80. The van der Waals surface area contributed by atoms with Gasteiger partial charge in [-0.25, -0.2) is 8.42 Å². The molecule has 4 heteroatoms. The molecule has 0 saturated heterocycles. The Bertz CT molecular complexity index is 508. The topological polar surface area (TPSA) is 34.1 Å². The Morgan fingerprint density at radius 2 is 1.88 bits per heavy atom. The largest absolute Gasteiger partial charge is 0.229 e. The number of alkyl halides is 1. The standard InChI is InChI=1S/C13H17BrO2S/c1-17(15,16)9-13(14)12-7-6-10-4-2-3-5-11(10)8-12/h6-8,13H,2-5,9H2,1H3. The number of aryl methyl sites for hydroxylation is 2. The smallest absolute Gasteiger partial charge is 0.148 e. The molecule has 94 valence electrons. The van der Waals surface area contributed by atoms with Gasteiger partial charge in [-0.3, -0.25) is 0 Å². The van der Waals surface area contributed by atoms with Crippen molar-refractivity contribution in [2.45, 2.75) is 30.5 Å². The Balaban J connectivity index is 2.22. The molecule has 0 fully saturated rings. The lowest BCUT2D eigenvalue weighted by atomic mass is 9.90. The molecule has 0 amide bonds. The highest BCUT2D eigenvalue weighted by atomic mass is 79.9. The van der Waals surface area contributed by atoms with Gasteiger partial charge in [0, 0.05) is 6.26 Å². The van der Waals surface area contributed by atoms with Crippen LogP contribution >= 0.6 is 15.9 Å². The fraction of sp³-hybridized carbons (Fsp3) is 0.538. The summed E-state index contributed by atoms with van der Waals surface area (Å²) in [6, 6.07) is 6.37. The lowest BCUT2D eigenvalue weighted by Crippen LogP contribution is -2.10. The monoisotopic (exact) mass is 316 g/mol. The van der Waals surface area contributed by atoms with Crippen LogP contribution in [0.3, 0.4) is 0 Å². The van der Waals surface area contributed by atoms with Crippen LogP contribution < -0.4 is 0 Å². The summed E-state index contributed by atoms with van der Waals surface area (Å²) >= 11 is 3.47. The summed E-state index contributed by atoms with van der Waals surface area (Å²) in [6.07, 6.45) is 6.08. The van der Waals surface area contributed by atoms with Gasteiger partial charge in [0.05, 0.1) is 10.6 Å². The van der Waals surface area contributed by atoms with Gasteiger partial charge in [0.25, 0.3) is 0 Å². The van der Waals surface area contributed by atoms with Gasteiger partial charge in [0.1, 0.15) is 9.84 Å². The van der Waals surface area contributed by atoms with Crippen molar-refractivity contribution in [1.29, 1.82) is 0 Å². The highest BCUT2D eigenvalue weighted by molar-refractivity contribution is 9.09. The SMILES string of the molecule is CS(=O)(=O)CC(Br)c1ccc2c(c1)CCCC2. The Morgan fingerprint density at radius 3 is 2.53 bits per heavy atom. The van der Waals surface area contributed by atoms with Crippen LogP contribution in [-0.2, 0) is 22.7 Å².